The van der Waals surface area contributed by atoms with E-state index in [2.05, 4.69) is 10.0 Å². The van der Waals surface area contributed by atoms with Crippen molar-refractivity contribution >= 4 is 39.1 Å². The van der Waals surface area contributed by atoms with Gasteiger partial charge in [0.25, 0.3) is 10.0 Å². The number of rotatable bonds is 4. The highest BCUT2D eigenvalue weighted by molar-refractivity contribution is 7.99. The number of hydrogen-bond donors (Lipinski definition) is 2. The summed E-state index contributed by atoms with van der Waals surface area (Å²) in [4.78, 5) is 12.9. The summed E-state index contributed by atoms with van der Waals surface area (Å²) in [5.74, 6) is 0.839. The van der Waals surface area contributed by atoms with Crippen LogP contribution in [0.4, 0.5) is 11.4 Å². The average molecular weight is 378 g/mol. The van der Waals surface area contributed by atoms with E-state index in [0.29, 0.717) is 22.9 Å². The number of anilines is 2. The van der Waals surface area contributed by atoms with Crippen LogP contribution >= 0.6 is 11.8 Å². The van der Waals surface area contributed by atoms with Crippen molar-refractivity contribution in [3.63, 3.8) is 0 Å². The Morgan fingerprint density at radius 3 is 2.76 bits per heavy atom. The molecule has 25 heavy (non-hydrogen) atoms. The number of carbonyl (C=O) groups excluding carboxylic acids is 1. The highest BCUT2D eigenvalue weighted by Crippen LogP contribution is 2.35. The zero-order valence-electron chi connectivity index (χ0n) is 13.8. The molecule has 0 saturated carbocycles. The Balaban J connectivity index is 1.93. The summed E-state index contributed by atoms with van der Waals surface area (Å²) >= 11 is 1.53. The lowest BCUT2D eigenvalue weighted by atomic mass is 10.2. The van der Waals surface area contributed by atoms with Crippen molar-refractivity contribution in [3.05, 3.63) is 42.5 Å². The number of para-hydroxylation sites is 2. The van der Waals surface area contributed by atoms with Gasteiger partial charge in [-0.25, -0.2) is 8.42 Å². The van der Waals surface area contributed by atoms with E-state index >= 15 is 0 Å². The quantitative estimate of drug-likeness (QED) is 0.854. The predicted octanol–water partition coefficient (Wildman–Crippen LogP) is 3.18. The van der Waals surface area contributed by atoms with E-state index in [9.17, 15) is 13.2 Å². The molecule has 2 aromatic rings. The number of amides is 1. The van der Waals surface area contributed by atoms with Crippen LogP contribution < -0.4 is 14.8 Å². The van der Waals surface area contributed by atoms with Crippen LogP contribution in [0, 0.1) is 5.92 Å². The molecular weight excluding hydrogens is 360 g/mol. The van der Waals surface area contributed by atoms with Crippen LogP contribution in [0.2, 0.25) is 0 Å². The van der Waals surface area contributed by atoms with E-state index in [1.165, 1.54) is 31.0 Å². The highest BCUT2D eigenvalue weighted by atomic mass is 32.2. The van der Waals surface area contributed by atoms with E-state index in [4.69, 9.17) is 4.74 Å². The maximum absolute atomic E-state index is 12.7. The number of carbonyl (C=O) groups is 1. The van der Waals surface area contributed by atoms with Crippen LogP contribution in [0.5, 0.6) is 5.75 Å². The second-order valence-corrected chi connectivity index (χ2v) is 8.41. The third-order valence-corrected chi connectivity index (χ3v) is 6.50. The van der Waals surface area contributed by atoms with Gasteiger partial charge in [0.15, 0.2) is 0 Å². The summed E-state index contributed by atoms with van der Waals surface area (Å²) in [6, 6.07) is 11.5. The Morgan fingerprint density at radius 1 is 1.24 bits per heavy atom. The zero-order valence-corrected chi connectivity index (χ0v) is 15.4. The Bertz CT molecular complexity index is 913. The van der Waals surface area contributed by atoms with Gasteiger partial charge in [-0.3, -0.25) is 9.52 Å². The molecular formula is C17H18N2O4S2. The lowest BCUT2D eigenvalue weighted by Crippen LogP contribution is -2.20. The fourth-order valence-corrected chi connectivity index (χ4v) is 4.49. The molecule has 132 valence electrons. The van der Waals surface area contributed by atoms with Crippen LogP contribution in [-0.2, 0) is 14.8 Å². The molecule has 0 spiro atoms. The first kappa shape index (κ1) is 17.6. The van der Waals surface area contributed by atoms with Crippen LogP contribution in [0.25, 0.3) is 0 Å². The summed E-state index contributed by atoms with van der Waals surface area (Å²) in [5.41, 5.74) is 0.870. The lowest BCUT2D eigenvalue weighted by molar-refractivity contribution is -0.118. The molecule has 6 nitrogen and oxygen atoms in total. The molecule has 0 fully saturated rings. The maximum Gasteiger partial charge on any atom is 0.262 e. The standard InChI is InChI=1S/C17H18N2O4S2/c1-11-10-24-16-8-7-12(9-14(16)18-17(11)20)25(21,22)19-13-5-3-4-6-15(13)23-2/h3-9,11,19H,10H2,1-2H3,(H,18,20)/t11-/m0/s1. The highest BCUT2D eigenvalue weighted by Gasteiger charge is 2.23. The average Bonchev–Trinajstić information content (AvgIpc) is 2.73. The van der Waals surface area contributed by atoms with Gasteiger partial charge in [0.05, 0.1) is 23.4 Å². The molecule has 3 rings (SSSR count). The summed E-state index contributed by atoms with van der Waals surface area (Å²) in [6.45, 7) is 1.84. The predicted molar refractivity (Wildman–Crippen MR) is 98.8 cm³/mol. The Hall–Kier alpha value is -2.19. The van der Waals surface area contributed by atoms with Crippen molar-refractivity contribution in [1.29, 1.82) is 0 Å². The molecule has 8 heteroatoms. The SMILES string of the molecule is COc1ccccc1NS(=O)(=O)c1ccc2c(c1)NC(=O)[C@@H](C)CS2. The minimum atomic E-state index is -3.81. The fourth-order valence-electron chi connectivity index (χ4n) is 2.38. The summed E-state index contributed by atoms with van der Waals surface area (Å²) in [7, 11) is -2.34. The van der Waals surface area contributed by atoms with Gasteiger partial charge in [-0.1, -0.05) is 19.1 Å². The third kappa shape index (κ3) is 3.74. The van der Waals surface area contributed by atoms with Gasteiger partial charge in [0, 0.05) is 16.6 Å². The van der Waals surface area contributed by atoms with E-state index < -0.39 is 10.0 Å². The minimum absolute atomic E-state index is 0.0765. The first-order valence-corrected chi connectivity index (χ1v) is 10.1. The second kappa shape index (κ2) is 6.97. The van der Waals surface area contributed by atoms with Gasteiger partial charge < -0.3 is 10.1 Å². The molecule has 1 atom stereocenters. The van der Waals surface area contributed by atoms with Gasteiger partial charge in [0.2, 0.25) is 5.91 Å². The van der Waals surface area contributed by atoms with E-state index in [-0.39, 0.29) is 16.7 Å². The van der Waals surface area contributed by atoms with Crippen molar-refractivity contribution in [2.45, 2.75) is 16.7 Å². The summed E-state index contributed by atoms with van der Waals surface area (Å²) in [6.07, 6.45) is 0. The van der Waals surface area contributed by atoms with Crippen LogP contribution in [-0.4, -0.2) is 27.2 Å². The Labute approximate surface area is 151 Å². The normalized spacial score (nSPS) is 17.2. The largest absolute Gasteiger partial charge is 0.495 e. The van der Waals surface area contributed by atoms with Crippen LogP contribution in [0.1, 0.15) is 6.92 Å². The lowest BCUT2D eigenvalue weighted by Gasteiger charge is -2.13. The van der Waals surface area contributed by atoms with Crippen molar-refractivity contribution in [2.24, 2.45) is 5.92 Å². The molecule has 0 radical (unpaired) electrons. The number of hydrogen-bond acceptors (Lipinski definition) is 5. The number of thioether (sulfide) groups is 1. The molecule has 0 bridgehead atoms. The minimum Gasteiger partial charge on any atom is -0.495 e. The van der Waals surface area contributed by atoms with Crippen molar-refractivity contribution in [2.75, 3.05) is 22.9 Å². The molecule has 1 aliphatic heterocycles. The molecule has 1 heterocycles. The van der Waals surface area contributed by atoms with Crippen LogP contribution in [0.3, 0.4) is 0 Å². The number of fused-ring (bicyclic) bond motifs is 1. The monoisotopic (exact) mass is 378 g/mol. The first-order valence-electron chi connectivity index (χ1n) is 7.64. The third-order valence-electron chi connectivity index (χ3n) is 3.81. The number of sulfonamides is 1. The van der Waals surface area contributed by atoms with E-state index in [0.717, 1.165) is 4.90 Å². The summed E-state index contributed by atoms with van der Waals surface area (Å²) < 4.78 is 33.1. The zero-order chi connectivity index (χ0) is 18.0. The molecule has 0 unspecified atom stereocenters. The van der Waals surface area contributed by atoms with Crippen molar-refractivity contribution < 1.29 is 17.9 Å². The molecule has 0 aromatic heterocycles. The van der Waals surface area contributed by atoms with Gasteiger partial charge in [0.1, 0.15) is 5.75 Å². The molecule has 1 amide bonds. The van der Waals surface area contributed by atoms with Crippen LogP contribution in [0.15, 0.2) is 52.3 Å². The van der Waals surface area contributed by atoms with Gasteiger partial charge in [-0.15, -0.1) is 11.8 Å². The molecule has 2 aromatic carbocycles. The first-order chi connectivity index (χ1) is 11.9. The number of methoxy groups -OCH3 is 1. The molecule has 0 saturated heterocycles. The number of ether oxygens (including phenoxy) is 1. The Morgan fingerprint density at radius 2 is 2.00 bits per heavy atom. The van der Waals surface area contributed by atoms with Crippen molar-refractivity contribution in [3.8, 4) is 5.75 Å². The second-order valence-electron chi connectivity index (χ2n) is 5.67. The molecule has 0 aliphatic carbocycles. The number of nitrogens with one attached hydrogen (secondary N) is 2. The van der Waals surface area contributed by atoms with Gasteiger partial charge in [-0.2, -0.15) is 0 Å². The fraction of sp³-hybridized carbons (Fsp3) is 0.235. The van der Waals surface area contributed by atoms with Crippen molar-refractivity contribution in [1.82, 2.24) is 0 Å². The Kier molecular flexibility index (Phi) is 4.91. The van der Waals surface area contributed by atoms with Gasteiger partial charge in [-0.05, 0) is 30.3 Å². The smallest absolute Gasteiger partial charge is 0.262 e. The van der Waals surface area contributed by atoms with E-state index in [1.54, 1.807) is 30.3 Å². The van der Waals surface area contributed by atoms with E-state index in [1.807, 2.05) is 6.92 Å². The topological polar surface area (TPSA) is 84.5 Å². The maximum atomic E-state index is 12.7. The molecule has 2 N–H and O–H groups in total. The molecule has 1 aliphatic rings. The van der Waals surface area contributed by atoms with Gasteiger partial charge >= 0.3 is 0 Å². The number of benzene rings is 2. The summed E-state index contributed by atoms with van der Waals surface area (Å²) in [5, 5.41) is 2.79.